The molecular weight excluding hydrogens is 248 g/mol. The predicted molar refractivity (Wildman–Crippen MR) is 69.9 cm³/mol. The van der Waals surface area contributed by atoms with Crippen LogP contribution in [-0.4, -0.2) is 47.3 Å². The van der Waals surface area contributed by atoms with Crippen LogP contribution in [0.15, 0.2) is 16.8 Å². The number of anilines is 2. The summed E-state index contributed by atoms with van der Waals surface area (Å²) in [5.41, 5.74) is 8.50. The van der Waals surface area contributed by atoms with Gasteiger partial charge in [0.05, 0.1) is 30.7 Å². The highest BCUT2D eigenvalue weighted by molar-refractivity contribution is 5.95. The average Bonchev–Trinajstić information content (AvgIpc) is 2.91. The summed E-state index contributed by atoms with van der Waals surface area (Å²) in [4.78, 5) is 2.14. The molecule has 2 unspecified atom stereocenters. The third kappa shape index (κ3) is 2.00. The molecule has 0 aliphatic carbocycles. The van der Waals surface area contributed by atoms with Gasteiger partial charge in [0, 0.05) is 12.6 Å². The van der Waals surface area contributed by atoms with Gasteiger partial charge in [-0.1, -0.05) is 0 Å². The summed E-state index contributed by atoms with van der Waals surface area (Å²) >= 11 is 0. The van der Waals surface area contributed by atoms with Crippen molar-refractivity contribution >= 4 is 22.4 Å². The Balaban J connectivity index is 2.03. The molecule has 7 heteroatoms. The molecule has 19 heavy (non-hydrogen) atoms. The molecule has 0 bridgehead atoms. The Bertz CT molecular complexity index is 585. The SMILES string of the molecule is CC1COC(CO)CN1c1ccc(N)c2nonc12. The normalized spacial score (nSPS) is 24.0. The van der Waals surface area contributed by atoms with E-state index in [-0.39, 0.29) is 18.8 Å². The van der Waals surface area contributed by atoms with Gasteiger partial charge in [-0.15, -0.1) is 0 Å². The number of ether oxygens (including phenoxy) is 1. The standard InChI is InChI=1S/C12H16N4O3/c1-7-6-18-8(5-17)4-16(7)10-3-2-9(13)11-12(10)15-19-14-11/h2-3,7-8,17H,4-6,13H2,1H3. The highest BCUT2D eigenvalue weighted by atomic mass is 16.6. The Kier molecular flexibility index (Phi) is 3.00. The summed E-state index contributed by atoms with van der Waals surface area (Å²) < 4.78 is 10.3. The minimum absolute atomic E-state index is 0.00159. The second-order valence-electron chi connectivity index (χ2n) is 4.77. The Hall–Kier alpha value is -1.86. The molecule has 1 aromatic carbocycles. The van der Waals surface area contributed by atoms with Crippen molar-refractivity contribution in [3.63, 3.8) is 0 Å². The average molecular weight is 264 g/mol. The smallest absolute Gasteiger partial charge is 0.160 e. The summed E-state index contributed by atoms with van der Waals surface area (Å²) in [6.45, 7) is 3.22. The monoisotopic (exact) mass is 264 g/mol. The van der Waals surface area contributed by atoms with Crippen LogP contribution < -0.4 is 10.6 Å². The lowest BCUT2D eigenvalue weighted by Gasteiger charge is -2.39. The Morgan fingerprint density at radius 2 is 2.21 bits per heavy atom. The maximum absolute atomic E-state index is 9.24. The zero-order valence-electron chi connectivity index (χ0n) is 10.6. The minimum atomic E-state index is -0.191. The fraction of sp³-hybridized carbons (Fsp3) is 0.500. The van der Waals surface area contributed by atoms with Crippen LogP contribution in [0.5, 0.6) is 0 Å². The number of aliphatic hydroxyl groups is 1. The van der Waals surface area contributed by atoms with E-state index in [0.29, 0.717) is 29.9 Å². The molecule has 102 valence electrons. The topological polar surface area (TPSA) is 97.6 Å². The molecule has 1 aromatic heterocycles. The van der Waals surface area contributed by atoms with Gasteiger partial charge in [0.25, 0.3) is 0 Å². The Morgan fingerprint density at radius 3 is 3.00 bits per heavy atom. The zero-order valence-corrected chi connectivity index (χ0v) is 10.6. The second kappa shape index (κ2) is 4.67. The molecule has 7 nitrogen and oxygen atoms in total. The Labute approximate surface area is 109 Å². The molecule has 0 radical (unpaired) electrons. The first-order chi connectivity index (χ1) is 9.20. The maximum Gasteiger partial charge on any atom is 0.160 e. The number of hydrogen-bond donors (Lipinski definition) is 2. The molecule has 0 amide bonds. The van der Waals surface area contributed by atoms with Crippen LogP contribution in [0.4, 0.5) is 11.4 Å². The molecule has 0 spiro atoms. The number of rotatable bonds is 2. The molecule has 1 fully saturated rings. The van der Waals surface area contributed by atoms with Gasteiger partial charge in [0.1, 0.15) is 0 Å². The number of morpholine rings is 1. The van der Waals surface area contributed by atoms with Crippen LogP contribution in [-0.2, 0) is 4.74 Å². The van der Waals surface area contributed by atoms with Crippen LogP contribution in [0.25, 0.3) is 11.0 Å². The van der Waals surface area contributed by atoms with Crippen LogP contribution in [0.2, 0.25) is 0 Å². The molecule has 2 heterocycles. The molecule has 3 rings (SSSR count). The van der Waals surface area contributed by atoms with Crippen molar-refractivity contribution in [2.75, 3.05) is 30.4 Å². The van der Waals surface area contributed by atoms with Gasteiger partial charge < -0.3 is 20.5 Å². The van der Waals surface area contributed by atoms with Crippen molar-refractivity contribution in [3.05, 3.63) is 12.1 Å². The highest BCUT2D eigenvalue weighted by Crippen LogP contribution is 2.31. The number of aliphatic hydroxyl groups excluding tert-OH is 1. The number of benzene rings is 1. The first-order valence-electron chi connectivity index (χ1n) is 6.20. The van der Waals surface area contributed by atoms with E-state index in [2.05, 4.69) is 22.1 Å². The lowest BCUT2D eigenvalue weighted by Crippen LogP contribution is -2.49. The molecule has 1 saturated heterocycles. The highest BCUT2D eigenvalue weighted by Gasteiger charge is 2.28. The number of fused-ring (bicyclic) bond motifs is 1. The van der Waals surface area contributed by atoms with Crippen molar-refractivity contribution in [1.29, 1.82) is 0 Å². The summed E-state index contributed by atoms with van der Waals surface area (Å²) in [5.74, 6) is 0. The van der Waals surface area contributed by atoms with E-state index in [1.54, 1.807) is 6.07 Å². The van der Waals surface area contributed by atoms with Crippen LogP contribution in [0.1, 0.15) is 6.92 Å². The van der Waals surface area contributed by atoms with E-state index in [9.17, 15) is 5.11 Å². The van der Waals surface area contributed by atoms with Crippen LogP contribution >= 0.6 is 0 Å². The van der Waals surface area contributed by atoms with Gasteiger partial charge in [-0.3, -0.25) is 0 Å². The van der Waals surface area contributed by atoms with Crippen LogP contribution in [0, 0.1) is 0 Å². The first-order valence-corrected chi connectivity index (χ1v) is 6.20. The van der Waals surface area contributed by atoms with Crippen molar-refractivity contribution in [1.82, 2.24) is 10.3 Å². The summed E-state index contributed by atoms with van der Waals surface area (Å²) in [6, 6.07) is 3.88. The molecule has 0 saturated carbocycles. The zero-order chi connectivity index (χ0) is 13.4. The van der Waals surface area contributed by atoms with Crippen molar-refractivity contribution in [3.8, 4) is 0 Å². The van der Waals surface area contributed by atoms with E-state index < -0.39 is 0 Å². The van der Waals surface area contributed by atoms with Crippen molar-refractivity contribution in [2.24, 2.45) is 0 Å². The fourth-order valence-corrected chi connectivity index (χ4v) is 2.37. The van der Waals surface area contributed by atoms with Gasteiger partial charge in [-0.2, -0.15) is 0 Å². The van der Waals surface area contributed by atoms with Gasteiger partial charge in [-0.25, -0.2) is 4.63 Å². The van der Waals surface area contributed by atoms with Crippen molar-refractivity contribution in [2.45, 2.75) is 19.1 Å². The number of nitrogens with zero attached hydrogens (tertiary/aromatic N) is 3. The summed E-state index contributed by atoms with van der Waals surface area (Å²) in [6.07, 6.45) is -0.191. The minimum Gasteiger partial charge on any atom is -0.397 e. The molecule has 2 atom stereocenters. The van der Waals surface area contributed by atoms with E-state index >= 15 is 0 Å². The summed E-state index contributed by atoms with van der Waals surface area (Å²) in [5, 5.41) is 17.0. The largest absolute Gasteiger partial charge is 0.397 e. The quantitative estimate of drug-likeness (QED) is 0.757. The molecule has 1 aliphatic heterocycles. The Morgan fingerprint density at radius 1 is 1.42 bits per heavy atom. The third-order valence-electron chi connectivity index (χ3n) is 3.44. The predicted octanol–water partition coefficient (Wildman–Crippen LogP) is 0.391. The third-order valence-corrected chi connectivity index (χ3v) is 3.44. The molecule has 1 aliphatic rings. The fourth-order valence-electron chi connectivity index (χ4n) is 2.37. The lowest BCUT2D eigenvalue weighted by molar-refractivity contribution is -0.0102. The van der Waals surface area contributed by atoms with E-state index in [4.69, 9.17) is 15.1 Å². The number of aromatic nitrogens is 2. The van der Waals surface area contributed by atoms with Crippen LogP contribution in [0.3, 0.4) is 0 Å². The van der Waals surface area contributed by atoms with Gasteiger partial charge >= 0.3 is 0 Å². The number of hydrogen-bond acceptors (Lipinski definition) is 7. The summed E-state index contributed by atoms with van der Waals surface area (Å²) in [7, 11) is 0. The second-order valence-corrected chi connectivity index (χ2v) is 4.77. The van der Waals surface area contributed by atoms with Crippen molar-refractivity contribution < 1.29 is 14.5 Å². The number of nitrogen functional groups attached to an aromatic ring is 1. The van der Waals surface area contributed by atoms with E-state index in [1.807, 2.05) is 6.07 Å². The maximum atomic E-state index is 9.24. The molecular formula is C12H16N4O3. The molecule has 3 N–H and O–H groups in total. The van der Waals surface area contributed by atoms with E-state index in [1.165, 1.54) is 0 Å². The van der Waals surface area contributed by atoms with Gasteiger partial charge in [0.2, 0.25) is 0 Å². The number of nitrogens with two attached hydrogens (primary N) is 1. The lowest BCUT2D eigenvalue weighted by atomic mass is 10.1. The van der Waals surface area contributed by atoms with E-state index in [0.717, 1.165) is 5.69 Å². The first kappa shape index (κ1) is 12.2. The van der Waals surface area contributed by atoms with Gasteiger partial charge in [0.15, 0.2) is 11.0 Å². The van der Waals surface area contributed by atoms with Gasteiger partial charge in [-0.05, 0) is 29.4 Å². The molecule has 2 aromatic rings.